The largest absolute Gasteiger partial charge is 0.481 e. The van der Waals surface area contributed by atoms with E-state index in [9.17, 15) is 9.59 Å². The molecule has 1 heterocycles. The second-order valence-electron chi connectivity index (χ2n) is 4.09. The smallest absolute Gasteiger partial charge is 0.407 e. The van der Waals surface area contributed by atoms with Crippen LogP contribution in [0.5, 0.6) is 0 Å². The first-order valence-corrected chi connectivity index (χ1v) is 4.79. The number of hydrogen-bond donors (Lipinski definition) is 2. The van der Waals surface area contributed by atoms with Crippen molar-refractivity contribution in [2.24, 2.45) is 5.92 Å². The predicted octanol–water partition coefficient (Wildman–Crippen LogP) is 0.740. The molecule has 0 aromatic heterocycles. The third kappa shape index (κ3) is 1.54. The Kier molecular flexibility index (Phi) is 2.09. The third-order valence-electron chi connectivity index (χ3n) is 3.14. The van der Waals surface area contributed by atoms with E-state index >= 15 is 0 Å². The molecule has 5 nitrogen and oxygen atoms in total. The van der Waals surface area contributed by atoms with Crippen LogP contribution >= 0.6 is 0 Å². The van der Waals surface area contributed by atoms with E-state index in [0.717, 1.165) is 0 Å². The maximum Gasteiger partial charge on any atom is 0.407 e. The van der Waals surface area contributed by atoms with Gasteiger partial charge in [-0.05, 0) is 25.7 Å². The zero-order valence-corrected chi connectivity index (χ0v) is 7.78. The van der Waals surface area contributed by atoms with Gasteiger partial charge < -0.3 is 15.2 Å². The maximum absolute atomic E-state index is 10.9. The molecule has 1 aliphatic carbocycles. The highest BCUT2D eigenvalue weighted by molar-refractivity contribution is 5.72. The molecule has 0 aromatic carbocycles. The predicted molar refractivity (Wildman–Crippen MR) is 46.8 cm³/mol. The number of carbonyl (C=O) groups excluding carboxylic acids is 1. The van der Waals surface area contributed by atoms with E-state index in [2.05, 4.69) is 5.32 Å². The lowest BCUT2D eigenvalue weighted by atomic mass is 9.77. The van der Waals surface area contributed by atoms with Gasteiger partial charge in [-0.3, -0.25) is 4.79 Å². The van der Waals surface area contributed by atoms with Crippen molar-refractivity contribution in [1.82, 2.24) is 5.32 Å². The Balaban J connectivity index is 1.95. The summed E-state index contributed by atoms with van der Waals surface area (Å²) in [5.41, 5.74) is -0.275. The molecule has 1 saturated carbocycles. The van der Waals surface area contributed by atoms with E-state index in [1.807, 2.05) is 0 Å². The zero-order valence-electron chi connectivity index (χ0n) is 7.78. The number of aliphatic carboxylic acids is 1. The normalized spacial score (nSPS) is 36.6. The molecular weight excluding hydrogens is 186 g/mol. The number of alkyl carbamates (subject to hydrolysis) is 1. The number of rotatable bonds is 1. The third-order valence-corrected chi connectivity index (χ3v) is 3.14. The Hall–Kier alpha value is -1.26. The van der Waals surface area contributed by atoms with Gasteiger partial charge in [0, 0.05) is 0 Å². The molecule has 0 aromatic rings. The van der Waals surface area contributed by atoms with Crippen molar-refractivity contribution < 1.29 is 19.4 Å². The van der Waals surface area contributed by atoms with E-state index in [1.54, 1.807) is 0 Å². The number of cyclic esters (lactones) is 1. The molecular formula is C9H13NO4. The van der Waals surface area contributed by atoms with Crippen LogP contribution in [0.2, 0.25) is 0 Å². The number of carbonyl (C=O) groups is 2. The fourth-order valence-electron chi connectivity index (χ4n) is 2.18. The molecule has 2 aliphatic rings. The Morgan fingerprint density at radius 2 is 2.14 bits per heavy atom. The molecule has 1 aliphatic heterocycles. The first-order chi connectivity index (χ1) is 6.61. The molecule has 0 atom stereocenters. The summed E-state index contributed by atoms with van der Waals surface area (Å²) in [6.07, 6.45) is 2.28. The summed E-state index contributed by atoms with van der Waals surface area (Å²) in [4.78, 5) is 21.6. The van der Waals surface area contributed by atoms with Crippen LogP contribution in [0.15, 0.2) is 0 Å². The van der Waals surface area contributed by atoms with E-state index in [0.29, 0.717) is 32.3 Å². The Bertz CT molecular complexity index is 268. The molecule has 5 heteroatoms. The molecule has 78 valence electrons. The minimum Gasteiger partial charge on any atom is -0.481 e. The number of amides is 1. The minimum atomic E-state index is -0.731. The van der Waals surface area contributed by atoms with Crippen LogP contribution in [0.25, 0.3) is 0 Å². The first-order valence-electron chi connectivity index (χ1n) is 4.79. The minimum absolute atomic E-state index is 0.252. The van der Waals surface area contributed by atoms with Crippen LogP contribution in [0.4, 0.5) is 4.79 Å². The average Bonchev–Trinajstić information content (AvgIpc) is 2.48. The zero-order chi connectivity index (χ0) is 10.2. The fraction of sp³-hybridized carbons (Fsp3) is 0.778. The van der Waals surface area contributed by atoms with Crippen molar-refractivity contribution >= 4 is 12.1 Å². The van der Waals surface area contributed by atoms with Gasteiger partial charge in [-0.1, -0.05) is 0 Å². The van der Waals surface area contributed by atoms with Gasteiger partial charge >= 0.3 is 12.1 Å². The Morgan fingerprint density at radius 3 is 2.57 bits per heavy atom. The molecule has 2 N–H and O–H groups in total. The first kappa shape index (κ1) is 9.30. The second kappa shape index (κ2) is 3.15. The van der Waals surface area contributed by atoms with Crippen molar-refractivity contribution in [2.45, 2.75) is 31.2 Å². The summed E-state index contributed by atoms with van der Waals surface area (Å²) in [7, 11) is 0. The summed E-state index contributed by atoms with van der Waals surface area (Å²) >= 11 is 0. The van der Waals surface area contributed by atoms with Gasteiger partial charge in [-0.25, -0.2) is 4.79 Å². The highest BCUT2D eigenvalue weighted by atomic mass is 16.6. The molecule has 14 heavy (non-hydrogen) atoms. The molecule has 1 amide bonds. The maximum atomic E-state index is 10.9. The van der Waals surface area contributed by atoms with Crippen molar-refractivity contribution in [3.63, 3.8) is 0 Å². The summed E-state index contributed by atoms with van der Waals surface area (Å²) in [5.74, 6) is -0.983. The van der Waals surface area contributed by atoms with E-state index < -0.39 is 5.97 Å². The highest BCUT2D eigenvalue weighted by Gasteiger charge is 2.43. The van der Waals surface area contributed by atoms with Crippen molar-refractivity contribution in [3.8, 4) is 0 Å². The van der Waals surface area contributed by atoms with Gasteiger partial charge in [0.2, 0.25) is 0 Å². The van der Waals surface area contributed by atoms with Crippen molar-refractivity contribution in [2.75, 3.05) is 6.61 Å². The van der Waals surface area contributed by atoms with Crippen LogP contribution in [-0.2, 0) is 9.53 Å². The number of hydrogen-bond acceptors (Lipinski definition) is 3. The molecule has 0 bridgehead atoms. The number of ether oxygens (including phenoxy) is 1. The summed E-state index contributed by atoms with van der Waals surface area (Å²) in [6, 6.07) is 0. The SMILES string of the molecule is O=C1NC2(CCC(C(=O)O)CC2)CO1. The number of nitrogens with one attached hydrogen (secondary N) is 1. The lowest BCUT2D eigenvalue weighted by molar-refractivity contribution is -0.143. The lowest BCUT2D eigenvalue weighted by Gasteiger charge is -2.33. The fourth-order valence-corrected chi connectivity index (χ4v) is 2.18. The second-order valence-corrected chi connectivity index (χ2v) is 4.09. The summed E-state index contributed by atoms with van der Waals surface area (Å²) in [6.45, 7) is 0.387. The molecule has 2 fully saturated rings. The molecule has 1 spiro atoms. The molecule has 0 radical (unpaired) electrons. The molecule has 0 unspecified atom stereocenters. The van der Waals surface area contributed by atoms with Gasteiger partial charge in [0.05, 0.1) is 11.5 Å². The van der Waals surface area contributed by atoms with Crippen molar-refractivity contribution in [1.29, 1.82) is 0 Å². The topological polar surface area (TPSA) is 75.6 Å². The van der Waals surface area contributed by atoms with Crippen LogP contribution in [0.1, 0.15) is 25.7 Å². The van der Waals surface area contributed by atoms with Gasteiger partial charge in [-0.2, -0.15) is 0 Å². The highest BCUT2D eigenvalue weighted by Crippen LogP contribution is 2.34. The van der Waals surface area contributed by atoms with Crippen molar-refractivity contribution in [3.05, 3.63) is 0 Å². The van der Waals surface area contributed by atoms with Gasteiger partial charge in [0.15, 0.2) is 0 Å². The van der Waals surface area contributed by atoms with E-state index in [4.69, 9.17) is 9.84 Å². The van der Waals surface area contributed by atoms with Crippen LogP contribution in [0.3, 0.4) is 0 Å². The lowest BCUT2D eigenvalue weighted by Crippen LogP contribution is -2.47. The van der Waals surface area contributed by atoms with Crippen LogP contribution in [0, 0.1) is 5.92 Å². The van der Waals surface area contributed by atoms with Gasteiger partial charge in [-0.15, -0.1) is 0 Å². The summed E-state index contributed by atoms with van der Waals surface area (Å²) < 4.78 is 4.84. The van der Waals surface area contributed by atoms with Crippen LogP contribution in [-0.4, -0.2) is 29.3 Å². The molecule has 1 saturated heterocycles. The quantitative estimate of drug-likeness (QED) is 0.653. The molecule has 2 rings (SSSR count). The van der Waals surface area contributed by atoms with E-state index in [1.165, 1.54) is 0 Å². The average molecular weight is 199 g/mol. The summed E-state index contributed by atoms with van der Waals surface area (Å²) in [5, 5.41) is 11.6. The number of carboxylic acids is 1. The van der Waals surface area contributed by atoms with E-state index in [-0.39, 0.29) is 17.6 Å². The number of carboxylic acid groups (broad SMARTS) is 1. The van der Waals surface area contributed by atoms with Crippen LogP contribution < -0.4 is 5.32 Å². The standard InChI is InChI=1S/C9H13NO4/c11-7(12)6-1-3-9(4-2-6)5-14-8(13)10-9/h6H,1-5H2,(H,10,13)(H,11,12). The van der Waals surface area contributed by atoms with Gasteiger partial charge in [0.25, 0.3) is 0 Å². The Morgan fingerprint density at radius 1 is 1.50 bits per heavy atom. The van der Waals surface area contributed by atoms with Gasteiger partial charge in [0.1, 0.15) is 6.61 Å². The monoisotopic (exact) mass is 199 g/mol. The Labute approximate surface area is 81.4 Å².